The van der Waals surface area contributed by atoms with Crippen molar-refractivity contribution in [2.45, 2.75) is 56.3 Å². The van der Waals surface area contributed by atoms with Crippen LogP contribution in [0.15, 0.2) is 54.6 Å². The fourth-order valence-corrected chi connectivity index (χ4v) is 4.25. The highest BCUT2D eigenvalue weighted by Gasteiger charge is 2.51. The molecule has 2 aromatic rings. The van der Waals surface area contributed by atoms with Crippen molar-refractivity contribution < 1.29 is 33.0 Å². The normalized spacial score (nSPS) is 17.7. The first kappa shape index (κ1) is 28.6. The number of carbonyl (C=O) groups is 3. The standard InChI is InChI=1S/C28H31F2N3O5/c1-3-4-10-24(34)32-22(15-19-8-6-5-7-9-19)25(35)27(37)33-18-28(29,30)16-23(33)26(36)31-17-20-11-13-21(38-2)14-12-20/h1,5-9,11-14,22-23,25,35H,4,10,15-18H2,2H3,(H,31,36)(H,32,34)/t22-,23-,25-/m0/s1. The van der Waals surface area contributed by atoms with Gasteiger partial charge in [0.25, 0.3) is 11.8 Å². The molecule has 202 valence electrons. The number of aliphatic hydroxyl groups is 1. The first-order valence-electron chi connectivity index (χ1n) is 12.2. The monoisotopic (exact) mass is 527 g/mol. The number of nitrogens with zero attached hydrogens (tertiary/aromatic N) is 1. The number of benzene rings is 2. The number of ether oxygens (including phenoxy) is 1. The molecule has 3 rings (SSSR count). The van der Waals surface area contributed by atoms with Gasteiger partial charge in [0, 0.05) is 25.8 Å². The Hall–Kier alpha value is -3.97. The molecular formula is C28H31F2N3O5. The molecule has 3 N–H and O–H groups in total. The third-order valence-corrected chi connectivity index (χ3v) is 6.26. The second-order valence-electron chi connectivity index (χ2n) is 9.12. The highest BCUT2D eigenvalue weighted by atomic mass is 19.3. The molecule has 1 fully saturated rings. The molecule has 10 heteroatoms. The maximum absolute atomic E-state index is 14.4. The van der Waals surface area contributed by atoms with Gasteiger partial charge in [0.1, 0.15) is 11.8 Å². The minimum atomic E-state index is -3.32. The van der Waals surface area contributed by atoms with E-state index < -0.39 is 54.8 Å². The van der Waals surface area contributed by atoms with Crippen molar-refractivity contribution >= 4 is 17.7 Å². The number of methoxy groups -OCH3 is 1. The predicted octanol–water partition coefficient (Wildman–Crippen LogP) is 2.05. The molecule has 1 aliphatic heterocycles. The lowest BCUT2D eigenvalue weighted by Gasteiger charge is -2.30. The van der Waals surface area contributed by atoms with Crippen LogP contribution in [-0.2, 0) is 27.3 Å². The van der Waals surface area contributed by atoms with Crippen LogP contribution in [0.3, 0.4) is 0 Å². The molecular weight excluding hydrogens is 496 g/mol. The number of amides is 3. The largest absolute Gasteiger partial charge is 0.497 e. The molecule has 0 radical (unpaired) electrons. The van der Waals surface area contributed by atoms with Crippen LogP contribution in [-0.4, -0.2) is 65.5 Å². The molecule has 2 aromatic carbocycles. The van der Waals surface area contributed by atoms with E-state index in [4.69, 9.17) is 11.2 Å². The first-order chi connectivity index (χ1) is 18.1. The van der Waals surface area contributed by atoms with Gasteiger partial charge in [-0.15, -0.1) is 12.3 Å². The van der Waals surface area contributed by atoms with Crippen molar-refractivity contribution in [3.05, 3.63) is 65.7 Å². The van der Waals surface area contributed by atoms with E-state index in [9.17, 15) is 28.3 Å². The van der Waals surface area contributed by atoms with Gasteiger partial charge in [-0.05, 0) is 29.7 Å². The molecule has 8 nitrogen and oxygen atoms in total. The van der Waals surface area contributed by atoms with Crippen LogP contribution in [0.25, 0.3) is 0 Å². The van der Waals surface area contributed by atoms with Crippen LogP contribution in [0.4, 0.5) is 8.78 Å². The summed E-state index contributed by atoms with van der Waals surface area (Å²) in [7, 11) is 1.52. The lowest BCUT2D eigenvalue weighted by molar-refractivity contribution is -0.147. The van der Waals surface area contributed by atoms with Crippen molar-refractivity contribution in [3.63, 3.8) is 0 Å². The zero-order valence-electron chi connectivity index (χ0n) is 21.0. The number of aliphatic hydroxyl groups excluding tert-OH is 1. The fraction of sp³-hybridized carbons (Fsp3) is 0.393. The molecule has 1 heterocycles. The summed E-state index contributed by atoms with van der Waals surface area (Å²) in [4.78, 5) is 39.2. The Morgan fingerprint density at radius 3 is 2.47 bits per heavy atom. The van der Waals surface area contributed by atoms with Crippen molar-refractivity contribution in [3.8, 4) is 18.1 Å². The van der Waals surface area contributed by atoms with Crippen molar-refractivity contribution in [1.82, 2.24) is 15.5 Å². The smallest absolute Gasteiger partial charge is 0.267 e. The number of nitrogens with one attached hydrogen (secondary N) is 2. The van der Waals surface area contributed by atoms with E-state index in [0.717, 1.165) is 0 Å². The van der Waals surface area contributed by atoms with Crippen molar-refractivity contribution in [2.75, 3.05) is 13.7 Å². The summed E-state index contributed by atoms with van der Waals surface area (Å²) in [6, 6.07) is 13.0. The van der Waals surface area contributed by atoms with Gasteiger partial charge in [0.15, 0.2) is 6.10 Å². The minimum Gasteiger partial charge on any atom is -0.497 e. The van der Waals surface area contributed by atoms with Crippen LogP contribution in [0.5, 0.6) is 5.75 Å². The van der Waals surface area contributed by atoms with Crippen LogP contribution < -0.4 is 15.4 Å². The van der Waals surface area contributed by atoms with Gasteiger partial charge in [-0.3, -0.25) is 14.4 Å². The summed E-state index contributed by atoms with van der Waals surface area (Å²) in [5.41, 5.74) is 1.42. The molecule has 0 aliphatic carbocycles. The average molecular weight is 528 g/mol. The Kier molecular flexibility index (Phi) is 9.79. The number of halogens is 2. The molecule has 0 bridgehead atoms. The highest BCUT2D eigenvalue weighted by Crippen LogP contribution is 2.33. The van der Waals surface area contributed by atoms with Crippen LogP contribution in [0.2, 0.25) is 0 Å². The van der Waals surface area contributed by atoms with Gasteiger partial charge < -0.3 is 25.4 Å². The molecule has 0 spiro atoms. The van der Waals surface area contributed by atoms with E-state index >= 15 is 0 Å². The summed E-state index contributed by atoms with van der Waals surface area (Å²) in [5.74, 6) is -2.67. The number of terminal acetylenes is 1. The zero-order valence-corrected chi connectivity index (χ0v) is 21.0. The van der Waals surface area contributed by atoms with Crippen LogP contribution in [0, 0.1) is 12.3 Å². The van der Waals surface area contributed by atoms with Gasteiger partial charge in [0.05, 0.1) is 19.7 Å². The molecule has 0 saturated carbocycles. The summed E-state index contributed by atoms with van der Waals surface area (Å²) in [5, 5.41) is 16.1. The van der Waals surface area contributed by atoms with Gasteiger partial charge in [0.2, 0.25) is 11.8 Å². The fourth-order valence-electron chi connectivity index (χ4n) is 4.25. The maximum atomic E-state index is 14.4. The molecule has 1 aliphatic rings. The summed E-state index contributed by atoms with van der Waals surface area (Å²) in [6.45, 7) is -0.968. The maximum Gasteiger partial charge on any atom is 0.267 e. The van der Waals surface area contributed by atoms with Crippen molar-refractivity contribution in [2.24, 2.45) is 0 Å². The second kappa shape index (κ2) is 13.0. The Morgan fingerprint density at radius 2 is 1.84 bits per heavy atom. The number of carbonyl (C=O) groups excluding carboxylic acids is 3. The number of hydrogen-bond acceptors (Lipinski definition) is 5. The molecule has 1 saturated heterocycles. The zero-order chi connectivity index (χ0) is 27.7. The number of rotatable bonds is 11. The Bertz CT molecular complexity index is 1150. The Morgan fingerprint density at radius 1 is 1.16 bits per heavy atom. The molecule has 0 unspecified atom stereocenters. The van der Waals surface area contributed by atoms with Gasteiger partial charge in [-0.25, -0.2) is 8.78 Å². The highest BCUT2D eigenvalue weighted by molar-refractivity contribution is 5.91. The van der Waals surface area contributed by atoms with Gasteiger partial charge >= 0.3 is 0 Å². The number of alkyl halides is 2. The molecule has 0 aromatic heterocycles. The lowest BCUT2D eigenvalue weighted by Crippen LogP contribution is -2.55. The van der Waals surface area contributed by atoms with E-state index in [-0.39, 0.29) is 25.8 Å². The summed E-state index contributed by atoms with van der Waals surface area (Å²) < 4.78 is 33.9. The molecule has 3 atom stereocenters. The van der Waals surface area contributed by atoms with Crippen LogP contribution >= 0.6 is 0 Å². The average Bonchev–Trinajstić information content (AvgIpc) is 3.25. The topological polar surface area (TPSA) is 108 Å². The van der Waals surface area contributed by atoms with Gasteiger partial charge in [-0.2, -0.15) is 0 Å². The number of likely N-dealkylation sites (tertiary alicyclic amines) is 1. The minimum absolute atomic E-state index is 0.0269. The second-order valence-corrected chi connectivity index (χ2v) is 9.12. The van der Waals surface area contributed by atoms with E-state index in [1.165, 1.54) is 7.11 Å². The summed E-state index contributed by atoms with van der Waals surface area (Å²) >= 11 is 0. The van der Waals surface area contributed by atoms with E-state index in [1.807, 2.05) is 0 Å². The Balaban J connectivity index is 1.74. The SMILES string of the molecule is C#CCCC(=O)N[C@@H](Cc1ccccc1)[C@H](O)C(=O)N1CC(F)(F)C[C@H]1C(=O)NCc1ccc(OC)cc1. The van der Waals surface area contributed by atoms with E-state index in [0.29, 0.717) is 21.8 Å². The first-order valence-corrected chi connectivity index (χ1v) is 12.2. The predicted molar refractivity (Wildman–Crippen MR) is 136 cm³/mol. The molecule has 38 heavy (non-hydrogen) atoms. The molecule has 3 amide bonds. The summed E-state index contributed by atoms with van der Waals surface area (Å²) in [6.07, 6.45) is 2.66. The van der Waals surface area contributed by atoms with E-state index in [2.05, 4.69) is 16.6 Å². The number of hydrogen-bond donors (Lipinski definition) is 3. The quantitative estimate of drug-likeness (QED) is 0.388. The third-order valence-electron chi connectivity index (χ3n) is 6.26. The third kappa shape index (κ3) is 7.76. The Labute approximate surface area is 220 Å². The lowest BCUT2D eigenvalue weighted by atomic mass is 9.99. The van der Waals surface area contributed by atoms with E-state index in [1.54, 1.807) is 54.6 Å². The van der Waals surface area contributed by atoms with Crippen molar-refractivity contribution in [1.29, 1.82) is 0 Å². The van der Waals surface area contributed by atoms with Crippen LogP contribution in [0.1, 0.15) is 30.4 Å². The van der Waals surface area contributed by atoms with Gasteiger partial charge in [-0.1, -0.05) is 42.5 Å².